The molecule has 0 bridgehead atoms. The van der Waals surface area contributed by atoms with Crippen molar-refractivity contribution in [2.24, 2.45) is 0 Å². The van der Waals surface area contributed by atoms with Gasteiger partial charge in [0.2, 0.25) is 0 Å². The molecule has 1 aromatic heterocycles. The number of hydrogen-bond acceptors (Lipinski definition) is 3. The molecule has 0 aliphatic heterocycles. The summed E-state index contributed by atoms with van der Waals surface area (Å²) < 4.78 is 5.89. The topological polar surface area (TPSA) is 38.3 Å². The van der Waals surface area contributed by atoms with E-state index in [4.69, 9.17) is 4.74 Å². The van der Waals surface area contributed by atoms with Crippen LogP contribution in [0.4, 0.5) is 5.69 Å². The predicted molar refractivity (Wildman–Crippen MR) is 105 cm³/mol. The van der Waals surface area contributed by atoms with Crippen LogP contribution in [0.5, 0.6) is 5.75 Å². The maximum absolute atomic E-state index is 12.5. The minimum absolute atomic E-state index is 0.214. The first kappa shape index (κ1) is 17.3. The lowest BCUT2D eigenvalue weighted by molar-refractivity contribution is 0.102. The van der Waals surface area contributed by atoms with Crippen molar-refractivity contribution in [3.63, 3.8) is 0 Å². The quantitative estimate of drug-likeness (QED) is 0.603. The average Bonchev–Trinajstić information content (AvgIpc) is 3.14. The Morgan fingerprint density at radius 2 is 2.00 bits per heavy atom. The van der Waals surface area contributed by atoms with Crippen LogP contribution in [0.1, 0.15) is 20.8 Å². The van der Waals surface area contributed by atoms with Gasteiger partial charge in [0, 0.05) is 15.7 Å². The fourth-order valence-corrected chi connectivity index (χ4v) is 3.16. The molecule has 0 aliphatic rings. The molecule has 5 heteroatoms. The van der Waals surface area contributed by atoms with E-state index in [1.165, 1.54) is 0 Å². The van der Waals surface area contributed by atoms with Crippen molar-refractivity contribution in [3.05, 3.63) is 80.5 Å². The number of carbonyl (C=O) groups is 1. The molecule has 3 rings (SSSR count). The van der Waals surface area contributed by atoms with Gasteiger partial charge in [-0.1, -0.05) is 24.0 Å². The first-order valence-corrected chi connectivity index (χ1v) is 9.13. The summed E-state index contributed by atoms with van der Waals surface area (Å²) in [5.41, 5.74) is 2.04. The zero-order chi connectivity index (χ0) is 17.6. The summed E-state index contributed by atoms with van der Waals surface area (Å²) in [6.45, 7) is 0. The fraction of sp³-hybridized carbons (Fsp3) is 0.0500. The molecule has 3 nitrogen and oxygen atoms in total. The van der Waals surface area contributed by atoms with Gasteiger partial charge in [0.1, 0.15) is 5.75 Å². The maximum Gasteiger partial charge on any atom is 0.256 e. The molecule has 0 unspecified atom stereocenters. The lowest BCUT2D eigenvalue weighted by Crippen LogP contribution is -2.12. The molecular formula is C20H14BrNO2S. The number of carbonyl (C=O) groups excluding carboxylic acids is 1. The van der Waals surface area contributed by atoms with Crippen molar-refractivity contribution >= 4 is 38.9 Å². The SMILES string of the molecule is COc1ccc(Br)c(C(=O)Nc2cccc(C#Cc3cccs3)c2)c1. The van der Waals surface area contributed by atoms with E-state index >= 15 is 0 Å². The Labute approximate surface area is 158 Å². The second kappa shape index (κ2) is 8.02. The number of methoxy groups -OCH3 is 1. The average molecular weight is 412 g/mol. The predicted octanol–water partition coefficient (Wildman–Crippen LogP) is 5.17. The second-order valence-electron chi connectivity index (χ2n) is 5.11. The lowest BCUT2D eigenvalue weighted by Gasteiger charge is -2.09. The third kappa shape index (κ3) is 4.50. The molecule has 1 N–H and O–H groups in total. The standard InChI is InChI=1S/C20H14BrNO2S/c1-24-16-8-10-19(21)18(13-16)20(23)22-15-5-2-4-14(12-15)7-9-17-6-3-11-25-17/h2-6,8,10-13H,1H3,(H,22,23). The normalized spacial score (nSPS) is 9.84. The summed E-state index contributed by atoms with van der Waals surface area (Å²) in [5, 5.41) is 4.89. The van der Waals surface area contributed by atoms with E-state index in [1.54, 1.807) is 36.6 Å². The summed E-state index contributed by atoms with van der Waals surface area (Å²) in [4.78, 5) is 13.5. The molecule has 25 heavy (non-hydrogen) atoms. The molecular weight excluding hydrogens is 398 g/mol. The van der Waals surface area contributed by atoms with Gasteiger partial charge in [0.15, 0.2) is 0 Å². The summed E-state index contributed by atoms with van der Waals surface area (Å²) in [6, 6.07) is 16.7. The third-order valence-electron chi connectivity index (χ3n) is 3.39. The van der Waals surface area contributed by atoms with Crippen molar-refractivity contribution in [2.75, 3.05) is 12.4 Å². The van der Waals surface area contributed by atoms with E-state index in [9.17, 15) is 4.79 Å². The number of nitrogens with one attached hydrogen (secondary N) is 1. The van der Waals surface area contributed by atoms with Gasteiger partial charge in [0.05, 0.1) is 17.6 Å². The number of ether oxygens (including phenoxy) is 1. The summed E-state index contributed by atoms with van der Waals surface area (Å²) >= 11 is 5.00. The molecule has 0 aliphatic carbocycles. The number of thiophene rings is 1. The number of amides is 1. The van der Waals surface area contributed by atoms with Gasteiger partial charge in [0.25, 0.3) is 5.91 Å². The van der Waals surface area contributed by atoms with Gasteiger partial charge in [-0.15, -0.1) is 11.3 Å². The molecule has 0 fully saturated rings. The Bertz CT molecular complexity index is 955. The molecule has 0 radical (unpaired) electrons. The van der Waals surface area contributed by atoms with Gasteiger partial charge in [-0.25, -0.2) is 0 Å². The van der Waals surface area contributed by atoms with E-state index in [1.807, 2.05) is 41.8 Å². The van der Waals surface area contributed by atoms with Crippen LogP contribution in [0.2, 0.25) is 0 Å². The Hall–Kier alpha value is -2.55. The van der Waals surface area contributed by atoms with Gasteiger partial charge < -0.3 is 10.1 Å². The minimum atomic E-state index is -0.214. The van der Waals surface area contributed by atoms with Crippen molar-refractivity contribution in [1.82, 2.24) is 0 Å². The highest BCUT2D eigenvalue weighted by Crippen LogP contribution is 2.23. The molecule has 0 atom stereocenters. The van der Waals surface area contributed by atoms with Gasteiger partial charge in [-0.05, 0) is 63.8 Å². The summed E-state index contributed by atoms with van der Waals surface area (Å²) in [6.07, 6.45) is 0. The minimum Gasteiger partial charge on any atom is -0.497 e. The van der Waals surface area contributed by atoms with E-state index < -0.39 is 0 Å². The monoisotopic (exact) mass is 411 g/mol. The number of hydrogen-bond donors (Lipinski definition) is 1. The molecule has 0 spiro atoms. The van der Waals surface area contributed by atoms with Crippen LogP contribution in [0.15, 0.2) is 64.5 Å². The molecule has 3 aromatic rings. The molecule has 1 amide bonds. The third-order valence-corrected chi connectivity index (χ3v) is 4.87. The molecule has 0 saturated heterocycles. The van der Waals surface area contributed by atoms with Crippen molar-refractivity contribution < 1.29 is 9.53 Å². The van der Waals surface area contributed by atoms with E-state index in [0.717, 1.165) is 10.4 Å². The Morgan fingerprint density at radius 3 is 2.76 bits per heavy atom. The Morgan fingerprint density at radius 1 is 1.12 bits per heavy atom. The van der Waals surface area contributed by atoms with Crippen LogP contribution in [0.3, 0.4) is 0 Å². The highest BCUT2D eigenvalue weighted by molar-refractivity contribution is 9.10. The molecule has 2 aromatic carbocycles. The maximum atomic E-state index is 12.5. The van der Waals surface area contributed by atoms with E-state index in [2.05, 4.69) is 33.1 Å². The largest absolute Gasteiger partial charge is 0.497 e. The van der Waals surface area contributed by atoms with Gasteiger partial charge in [-0.2, -0.15) is 0 Å². The molecule has 124 valence electrons. The highest BCUT2D eigenvalue weighted by atomic mass is 79.9. The smallest absolute Gasteiger partial charge is 0.256 e. The van der Waals surface area contributed by atoms with Crippen LogP contribution >= 0.6 is 27.3 Å². The van der Waals surface area contributed by atoms with Crippen LogP contribution in [-0.2, 0) is 0 Å². The van der Waals surface area contributed by atoms with Gasteiger partial charge in [-0.3, -0.25) is 4.79 Å². The fourth-order valence-electron chi connectivity index (χ4n) is 2.16. The van der Waals surface area contributed by atoms with Crippen molar-refractivity contribution in [2.45, 2.75) is 0 Å². The second-order valence-corrected chi connectivity index (χ2v) is 6.91. The zero-order valence-electron chi connectivity index (χ0n) is 13.4. The van der Waals surface area contributed by atoms with Crippen LogP contribution in [0.25, 0.3) is 0 Å². The number of anilines is 1. The van der Waals surface area contributed by atoms with Gasteiger partial charge >= 0.3 is 0 Å². The van der Waals surface area contributed by atoms with E-state index in [0.29, 0.717) is 21.5 Å². The number of halogens is 1. The number of benzene rings is 2. The summed E-state index contributed by atoms with van der Waals surface area (Å²) in [7, 11) is 1.57. The first-order chi connectivity index (χ1) is 12.2. The van der Waals surface area contributed by atoms with E-state index in [-0.39, 0.29) is 5.91 Å². The van der Waals surface area contributed by atoms with Crippen LogP contribution < -0.4 is 10.1 Å². The Balaban J connectivity index is 1.79. The zero-order valence-corrected chi connectivity index (χ0v) is 15.8. The Kier molecular flexibility index (Phi) is 5.54. The number of rotatable bonds is 3. The molecule has 0 saturated carbocycles. The van der Waals surface area contributed by atoms with Crippen LogP contribution in [-0.4, -0.2) is 13.0 Å². The highest BCUT2D eigenvalue weighted by Gasteiger charge is 2.11. The van der Waals surface area contributed by atoms with Crippen LogP contribution in [0, 0.1) is 11.8 Å². The van der Waals surface area contributed by atoms with Crippen molar-refractivity contribution in [3.8, 4) is 17.6 Å². The summed E-state index contributed by atoms with van der Waals surface area (Å²) in [5.74, 6) is 6.63. The first-order valence-electron chi connectivity index (χ1n) is 7.46. The lowest BCUT2D eigenvalue weighted by atomic mass is 10.1. The molecule has 1 heterocycles. The van der Waals surface area contributed by atoms with Crippen molar-refractivity contribution in [1.29, 1.82) is 0 Å².